The minimum absolute atomic E-state index is 0. The Morgan fingerprint density at radius 1 is 1.24 bits per heavy atom. The molecule has 0 amide bonds. The van der Waals surface area contributed by atoms with Gasteiger partial charge in [0.15, 0.2) is 5.96 Å². The standard InChI is InChI=1S/C16H24N4.HI/c1-3-9-18-16(17-2)19-13-14-7-6-8-15(12-14)20-10-4-5-11-20;/h4-8,12H,3,9-11,13H2,1-2H3,(H2,17,18,19);1H. The first kappa shape index (κ1) is 17.8. The first-order chi connectivity index (χ1) is 9.83. The number of rotatable bonds is 5. The van der Waals surface area contributed by atoms with Gasteiger partial charge in [0, 0.05) is 38.9 Å². The van der Waals surface area contributed by atoms with Crippen molar-refractivity contribution in [3.63, 3.8) is 0 Å². The van der Waals surface area contributed by atoms with E-state index in [0.29, 0.717) is 0 Å². The topological polar surface area (TPSA) is 39.7 Å². The molecule has 0 spiro atoms. The number of anilines is 1. The summed E-state index contributed by atoms with van der Waals surface area (Å²) in [5, 5.41) is 6.62. The quantitative estimate of drug-likeness (QED) is 0.346. The second kappa shape index (κ2) is 9.65. The smallest absolute Gasteiger partial charge is 0.191 e. The van der Waals surface area contributed by atoms with Gasteiger partial charge in [-0.1, -0.05) is 31.2 Å². The van der Waals surface area contributed by atoms with Gasteiger partial charge in [-0.3, -0.25) is 4.99 Å². The molecule has 1 aliphatic rings. The van der Waals surface area contributed by atoms with Gasteiger partial charge in [0.2, 0.25) is 0 Å². The molecule has 4 nitrogen and oxygen atoms in total. The number of benzene rings is 1. The van der Waals surface area contributed by atoms with Gasteiger partial charge in [0.05, 0.1) is 0 Å². The van der Waals surface area contributed by atoms with Gasteiger partial charge >= 0.3 is 0 Å². The highest BCUT2D eigenvalue weighted by Crippen LogP contribution is 2.18. The molecule has 5 heteroatoms. The molecular weight excluding hydrogens is 375 g/mol. The molecule has 0 aliphatic carbocycles. The predicted molar refractivity (Wildman–Crippen MR) is 102 cm³/mol. The highest BCUT2D eigenvalue weighted by Gasteiger charge is 2.07. The third-order valence-electron chi connectivity index (χ3n) is 3.32. The van der Waals surface area contributed by atoms with Crippen molar-refractivity contribution in [3.05, 3.63) is 42.0 Å². The maximum atomic E-state index is 4.21. The van der Waals surface area contributed by atoms with Crippen LogP contribution in [0.15, 0.2) is 41.4 Å². The molecular formula is C16H25IN4. The fraction of sp³-hybridized carbons (Fsp3) is 0.438. The lowest BCUT2D eigenvalue weighted by Gasteiger charge is -2.19. The number of aliphatic imine (C=N–C) groups is 1. The largest absolute Gasteiger partial charge is 0.364 e. The Kier molecular flexibility index (Phi) is 8.19. The number of halogens is 1. The maximum Gasteiger partial charge on any atom is 0.191 e. The average molecular weight is 400 g/mol. The van der Waals surface area contributed by atoms with Crippen molar-refractivity contribution in [1.29, 1.82) is 0 Å². The minimum Gasteiger partial charge on any atom is -0.364 e. The molecule has 21 heavy (non-hydrogen) atoms. The van der Waals surface area contributed by atoms with E-state index >= 15 is 0 Å². The van der Waals surface area contributed by atoms with Crippen LogP contribution in [-0.4, -0.2) is 32.6 Å². The highest BCUT2D eigenvalue weighted by atomic mass is 127. The summed E-state index contributed by atoms with van der Waals surface area (Å²) in [5.41, 5.74) is 2.56. The van der Waals surface area contributed by atoms with Gasteiger partial charge in [-0.05, 0) is 24.1 Å². The van der Waals surface area contributed by atoms with Crippen LogP contribution in [-0.2, 0) is 6.54 Å². The molecule has 1 heterocycles. The van der Waals surface area contributed by atoms with Crippen molar-refractivity contribution in [2.75, 3.05) is 31.6 Å². The fourth-order valence-electron chi connectivity index (χ4n) is 2.20. The molecule has 0 bridgehead atoms. The normalized spacial score (nSPS) is 14.0. The molecule has 1 aliphatic heterocycles. The van der Waals surface area contributed by atoms with E-state index in [1.54, 1.807) is 7.05 Å². The second-order valence-corrected chi connectivity index (χ2v) is 4.90. The van der Waals surface area contributed by atoms with Gasteiger partial charge in [-0.25, -0.2) is 0 Å². The first-order valence-corrected chi connectivity index (χ1v) is 7.27. The molecule has 0 saturated carbocycles. The zero-order valence-corrected chi connectivity index (χ0v) is 15.1. The fourth-order valence-corrected chi connectivity index (χ4v) is 2.20. The van der Waals surface area contributed by atoms with Gasteiger partial charge in [-0.15, -0.1) is 24.0 Å². The van der Waals surface area contributed by atoms with Gasteiger partial charge in [0.1, 0.15) is 0 Å². The van der Waals surface area contributed by atoms with Crippen molar-refractivity contribution in [2.45, 2.75) is 19.9 Å². The molecule has 0 unspecified atom stereocenters. The first-order valence-electron chi connectivity index (χ1n) is 7.27. The lowest BCUT2D eigenvalue weighted by atomic mass is 10.2. The Labute approximate surface area is 144 Å². The monoisotopic (exact) mass is 400 g/mol. The maximum absolute atomic E-state index is 4.21. The molecule has 0 fully saturated rings. The average Bonchev–Trinajstić information content (AvgIpc) is 3.02. The number of nitrogens with one attached hydrogen (secondary N) is 2. The SMILES string of the molecule is CCCNC(=NC)NCc1cccc(N2CC=CC2)c1.I. The molecule has 0 aromatic heterocycles. The number of guanidine groups is 1. The number of nitrogens with zero attached hydrogens (tertiary/aromatic N) is 2. The highest BCUT2D eigenvalue weighted by molar-refractivity contribution is 14.0. The lowest BCUT2D eigenvalue weighted by Crippen LogP contribution is -2.37. The molecule has 0 saturated heterocycles. The van der Waals surface area contributed by atoms with E-state index in [1.165, 1.54) is 11.3 Å². The summed E-state index contributed by atoms with van der Waals surface area (Å²) in [6.45, 7) is 5.90. The number of hydrogen-bond acceptors (Lipinski definition) is 2. The summed E-state index contributed by atoms with van der Waals surface area (Å²) in [6, 6.07) is 8.67. The van der Waals surface area contributed by atoms with E-state index in [1.807, 2.05) is 0 Å². The zero-order valence-electron chi connectivity index (χ0n) is 12.8. The Hall–Kier alpha value is -1.24. The third-order valence-corrected chi connectivity index (χ3v) is 3.32. The molecule has 2 N–H and O–H groups in total. The summed E-state index contributed by atoms with van der Waals surface area (Å²) >= 11 is 0. The van der Waals surface area contributed by atoms with Gasteiger partial charge < -0.3 is 15.5 Å². The van der Waals surface area contributed by atoms with Crippen molar-refractivity contribution >= 4 is 35.6 Å². The second-order valence-electron chi connectivity index (χ2n) is 4.90. The summed E-state index contributed by atoms with van der Waals surface area (Å²) in [4.78, 5) is 6.57. The molecule has 2 rings (SSSR count). The van der Waals surface area contributed by atoms with Crippen LogP contribution in [0.4, 0.5) is 5.69 Å². The van der Waals surface area contributed by atoms with Crippen LogP contribution in [0.5, 0.6) is 0 Å². The summed E-state index contributed by atoms with van der Waals surface area (Å²) in [5.74, 6) is 0.861. The zero-order chi connectivity index (χ0) is 14.2. The van der Waals surface area contributed by atoms with Crippen LogP contribution in [0, 0.1) is 0 Å². The van der Waals surface area contributed by atoms with Gasteiger partial charge in [-0.2, -0.15) is 0 Å². The Bertz CT molecular complexity index is 477. The van der Waals surface area contributed by atoms with Crippen LogP contribution in [0.25, 0.3) is 0 Å². The third kappa shape index (κ3) is 5.57. The predicted octanol–water partition coefficient (Wildman–Crippen LogP) is 2.76. The van der Waals surface area contributed by atoms with E-state index in [9.17, 15) is 0 Å². The summed E-state index contributed by atoms with van der Waals surface area (Å²) in [6.07, 6.45) is 5.51. The molecule has 0 radical (unpaired) electrons. The molecule has 116 valence electrons. The van der Waals surface area contributed by atoms with Crippen LogP contribution < -0.4 is 15.5 Å². The summed E-state index contributed by atoms with van der Waals surface area (Å²) < 4.78 is 0. The molecule has 1 aromatic carbocycles. The van der Waals surface area contributed by atoms with E-state index in [2.05, 4.69) is 63.9 Å². The van der Waals surface area contributed by atoms with Crippen LogP contribution in [0.1, 0.15) is 18.9 Å². The van der Waals surface area contributed by atoms with E-state index in [-0.39, 0.29) is 24.0 Å². The molecule has 0 atom stereocenters. The van der Waals surface area contributed by atoms with Crippen molar-refractivity contribution in [2.24, 2.45) is 4.99 Å². The van der Waals surface area contributed by atoms with E-state index < -0.39 is 0 Å². The Balaban J connectivity index is 0.00000220. The van der Waals surface area contributed by atoms with E-state index in [4.69, 9.17) is 0 Å². The van der Waals surface area contributed by atoms with E-state index in [0.717, 1.165) is 38.6 Å². The van der Waals surface area contributed by atoms with Crippen molar-refractivity contribution in [3.8, 4) is 0 Å². The van der Waals surface area contributed by atoms with Crippen molar-refractivity contribution < 1.29 is 0 Å². The van der Waals surface area contributed by atoms with Gasteiger partial charge in [0.25, 0.3) is 0 Å². The molecule has 1 aromatic rings. The summed E-state index contributed by atoms with van der Waals surface area (Å²) in [7, 11) is 1.80. The minimum atomic E-state index is 0. The van der Waals surface area contributed by atoms with Crippen LogP contribution >= 0.6 is 24.0 Å². The van der Waals surface area contributed by atoms with Crippen LogP contribution in [0.2, 0.25) is 0 Å². The number of hydrogen-bond donors (Lipinski definition) is 2. The Morgan fingerprint density at radius 3 is 2.67 bits per heavy atom. The van der Waals surface area contributed by atoms with Crippen LogP contribution in [0.3, 0.4) is 0 Å². The van der Waals surface area contributed by atoms with Crippen molar-refractivity contribution in [1.82, 2.24) is 10.6 Å². The lowest BCUT2D eigenvalue weighted by molar-refractivity contribution is 0.781. The Morgan fingerprint density at radius 2 is 2.00 bits per heavy atom.